The van der Waals surface area contributed by atoms with Crippen LogP contribution in [0.4, 0.5) is 11.4 Å². The quantitative estimate of drug-likeness (QED) is 0.123. The number of aromatic hydroxyl groups is 1. The summed E-state index contributed by atoms with van der Waals surface area (Å²) in [6, 6.07) is 22.5. The van der Waals surface area contributed by atoms with Crippen LogP contribution in [-0.4, -0.2) is 21.1 Å². The standard InChI is InChI=1S/C32H25Cl5N2O3/c1-17-10-23(38-16-18-2-7-25(40)8-3-18)5-4-19(17)13-28(41)26-15-24(6-9-27(26)35)39-31(42)30-29(32(30,36)37)20-11-21(33)14-22(34)12-20/h2-12,14-15,29-30,38,40H,13,16H2,1H3,(H,39,42). The third-order valence-corrected chi connectivity index (χ3v) is 8.95. The highest BCUT2D eigenvalue weighted by atomic mass is 35.5. The Labute approximate surface area is 268 Å². The number of carbonyl (C=O) groups is 2. The first kappa shape index (κ1) is 30.5. The van der Waals surface area contributed by atoms with Crippen molar-refractivity contribution in [2.75, 3.05) is 10.6 Å². The summed E-state index contributed by atoms with van der Waals surface area (Å²) in [5.74, 6) is -1.60. The number of anilines is 2. The molecule has 4 aromatic carbocycles. The van der Waals surface area contributed by atoms with E-state index in [0.29, 0.717) is 33.4 Å². The summed E-state index contributed by atoms with van der Waals surface area (Å²) < 4.78 is -1.33. The fourth-order valence-corrected chi connectivity index (χ4v) is 6.54. The lowest BCUT2D eigenvalue weighted by Crippen LogP contribution is -2.17. The number of aryl methyl sites for hydroxylation is 1. The molecule has 1 aliphatic rings. The van der Waals surface area contributed by atoms with Crippen molar-refractivity contribution < 1.29 is 14.7 Å². The molecule has 0 spiro atoms. The zero-order valence-electron chi connectivity index (χ0n) is 22.2. The summed E-state index contributed by atoms with van der Waals surface area (Å²) in [5, 5.41) is 16.7. The number of phenols is 1. The molecule has 2 unspecified atom stereocenters. The third-order valence-electron chi connectivity index (χ3n) is 7.24. The minimum absolute atomic E-state index is 0.133. The van der Waals surface area contributed by atoms with Gasteiger partial charge >= 0.3 is 0 Å². The zero-order chi connectivity index (χ0) is 30.2. The van der Waals surface area contributed by atoms with Crippen LogP contribution < -0.4 is 10.6 Å². The van der Waals surface area contributed by atoms with Crippen molar-refractivity contribution in [1.29, 1.82) is 0 Å². The van der Waals surface area contributed by atoms with Crippen LogP contribution in [0, 0.1) is 12.8 Å². The second kappa shape index (κ2) is 12.4. The van der Waals surface area contributed by atoms with Crippen LogP contribution in [0.3, 0.4) is 0 Å². The van der Waals surface area contributed by atoms with Gasteiger partial charge in [0.05, 0.1) is 10.9 Å². The van der Waals surface area contributed by atoms with Gasteiger partial charge < -0.3 is 15.7 Å². The van der Waals surface area contributed by atoms with Crippen molar-refractivity contribution in [3.8, 4) is 5.75 Å². The van der Waals surface area contributed by atoms with Gasteiger partial charge in [-0.25, -0.2) is 0 Å². The highest BCUT2D eigenvalue weighted by Gasteiger charge is 2.67. The summed E-state index contributed by atoms with van der Waals surface area (Å²) >= 11 is 31.6. The Balaban J connectivity index is 1.25. The first-order valence-electron chi connectivity index (χ1n) is 13.0. The number of rotatable bonds is 9. The maximum Gasteiger partial charge on any atom is 0.231 e. The van der Waals surface area contributed by atoms with E-state index in [2.05, 4.69) is 10.6 Å². The van der Waals surface area contributed by atoms with Crippen molar-refractivity contribution in [2.24, 2.45) is 5.92 Å². The third kappa shape index (κ3) is 6.82. The molecule has 1 amide bonds. The SMILES string of the molecule is Cc1cc(NCc2ccc(O)cc2)ccc1CC(=O)c1cc(NC(=O)C2C(c3cc(Cl)cc(Cl)c3)C2(Cl)Cl)ccc1Cl. The Bertz CT molecular complexity index is 1650. The molecule has 1 aliphatic carbocycles. The molecule has 0 aromatic heterocycles. The van der Waals surface area contributed by atoms with Crippen LogP contribution in [0.15, 0.2) is 78.9 Å². The molecule has 0 aliphatic heterocycles. The van der Waals surface area contributed by atoms with E-state index in [0.717, 1.165) is 22.4 Å². The largest absolute Gasteiger partial charge is 0.508 e. The zero-order valence-corrected chi connectivity index (χ0v) is 26.0. The van der Waals surface area contributed by atoms with Gasteiger partial charge in [-0.15, -0.1) is 23.2 Å². The highest BCUT2D eigenvalue weighted by molar-refractivity contribution is 6.53. The molecule has 42 heavy (non-hydrogen) atoms. The van der Waals surface area contributed by atoms with Crippen LogP contribution >= 0.6 is 58.0 Å². The van der Waals surface area contributed by atoms with Gasteiger partial charge in [-0.2, -0.15) is 0 Å². The molecule has 5 rings (SSSR count). The monoisotopic (exact) mass is 660 g/mol. The maximum atomic E-state index is 13.3. The molecule has 2 atom stereocenters. The fraction of sp³-hybridized carbons (Fsp3) is 0.188. The predicted molar refractivity (Wildman–Crippen MR) is 172 cm³/mol. The summed E-state index contributed by atoms with van der Waals surface area (Å²) in [6.07, 6.45) is 0.133. The Morgan fingerprint density at radius 3 is 2.19 bits per heavy atom. The van der Waals surface area contributed by atoms with E-state index in [1.807, 2.05) is 37.3 Å². The van der Waals surface area contributed by atoms with Crippen LogP contribution in [0.2, 0.25) is 15.1 Å². The van der Waals surface area contributed by atoms with Gasteiger partial charge in [0.2, 0.25) is 5.91 Å². The predicted octanol–water partition coefficient (Wildman–Crippen LogP) is 9.22. The van der Waals surface area contributed by atoms with Gasteiger partial charge in [0, 0.05) is 45.9 Å². The topological polar surface area (TPSA) is 78.4 Å². The fourth-order valence-electron chi connectivity index (χ4n) is 4.95. The molecule has 0 saturated heterocycles. The van der Waals surface area contributed by atoms with E-state index in [9.17, 15) is 14.7 Å². The Morgan fingerprint density at radius 1 is 0.857 bits per heavy atom. The number of halogens is 5. The Hall–Kier alpha value is -2.93. The van der Waals surface area contributed by atoms with Crippen LogP contribution in [-0.2, 0) is 17.8 Å². The van der Waals surface area contributed by atoms with Gasteiger partial charge in [0.25, 0.3) is 0 Å². The van der Waals surface area contributed by atoms with Gasteiger partial charge in [0.1, 0.15) is 10.1 Å². The molecule has 216 valence electrons. The molecular formula is C32H25Cl5N2O3. The molecule has 1 fully saturated rings. The molecule has 0 heterocycles. The van der Waals surface area contributed by atoms with Gasteiger partial charge in [-0.05, 0) is 89.8 Å². The maximum absolute atomic E-state index is 13.3. The Morgan fingerprint density at radius 2 is 1.52 bits per heavy atom. The minimum Gasteiger partial charge on any atom is -0.508 e. The second-order valence-electron chi connectivity index (χ2n) is 10.3. The highest BCUT2D eigenvalue weighted by Crippen LogP contribution is 2.65. The number of hydrogen-bond acceptors (Lipinski definition) is 4. The molecular weight excluding hydrogens is 638 g/mol. The average Bonchev–Trinajstić information content (AvgIpc) is 3.52. The number of benzene rings is 4. The van der Waals surface area contributed by atoms with E-state index < -0.39 is 22.1 Å². The number of amides is 1. The van der Waals surface area contributed by atoms with Gasteiger partial charge in [0.15, 0.2) is 5.78 Å². The van der Waals surface area contributed by atoms with E-state index in [1.54, 1.807) is 48.5 Å². The lowest BCUT2D eigenvalue weighted by Gasteiger charge is -2.12. The normalized spacial score (nSPS) is 17.0. The van der Waals surface area contributed by atoms with E-state index in [1.165, 1.54) is 0 Å². The van der Waals surface area contributed by atoms with Crippen molar-refractivity contribution in [3.05, 3.63) is 122 Å². The molecule has 4 aromatic rings. The van der Waals surface area contributed by atoms with Crippen molar-refractivity contribution in [1.82, 2.24) is 0 Å². The van der Waals surface area contributed by atoms with Crippen molar-refractivity contribution in [2.45, 2.75) is 30.1 Å². The van der Waals surface area contributed by atoms with Gasteiger partial charge in [-0.1, -0.05) is 53.0 Å². The first-order chi connectivity index (χ1) is 19.9. The van der Waals surface area contributed by atoms with Crippen LogP contribution in [0.5, 0.6) is 5.75 Å². The Kier molecular flexibility index (Phi) is 8.98. The molecule has 0 bridgehead atoms. The van der Waals surface area contributed by atoms with Crippen molar-refractivity contribution >= 4 is 81.1 Å². The summed E-state index contributed by atoms with van der Waals surface area (Å²) in [4.78, 5) is 26.5. The number of hydrogen-bond donors (Lipinski definition) is 3. The van der Waals surface area contributed by atoms with E-state index >= 15 is 0 Å². The number of phenolic OH excluding ortho intramolecular Hbond substituents is 1. The number of ketones is 1. The number of carbonyl (C=O) groups excluding carboxylic acids is 2. The van der Waals surface area contributed by atoms with Crippen LogP contribution in [0.25, 0.3) is 0 Å². The molecule has 1 saturated carbocycles. The number of Topliss-reactive ketones (excluding diaryl/α,β-unsaturated/α-hetero) is 1. The van der Waals surface area contributed by atoms with E-state index in [-0.39, 0.29) is 23.0 Å². The number of alkyl halides is 2. The van der Waals surface area contributed by atoms with E-state index in [4.69, 9.17) is 58.0 Å². The summed E-state index contributed by atoms with van der Waals surface area (Å²) in [6.45, 7) is 2.53. The molecule has 10 heteroatoms. The number of nitrogens with one attached hydrogen (secondary N) is 2. The smallest absolute Gasteiger partial charge is 0.231 e. The lowest BCUT2D eigenvalue weighted by atomic mass is 9.98. The summed E-state index contributed by atoms with van der Waals surface area (Å²) in [7, 11) is 0. The average molecular weight is 663 g/mol. The molecule has 3 N–H and O–H groups in total. The first-order valence-corrected chi connectivity index (χ1v) is 14.9. The minimum atomic E-state index is -1.33. The molecule has 0 radical (unpaired) electrons. The lowest BCUT2D eigenvalue weighted by molar-refractivity contribution is -0.117. The van der Waals surface area contributed by atoms with Gasteiger partial charge in [-0.3, -0.25) is 9.59 Å². The summed E-state index contributed by atoms with van der Waals surface area (Å²) in [5.41, 5.74) is 5.10. The van der Waals surface area contributed by atoms with Crippen LogP contribution in [0.1, 0.15) is 38.5 Å². The second-order valence-corrected chi connectivity index (χ2v) is 13.0. The molecule has 5 nitrogen and oxygen atoms in total. The van der Waals surface area contributed by atoms with Crippen molar-refractivity contribution in [3.63, 3.8) is 0 Å².